The number of phenols is 1. The smallest absolute Gasteiger partial charge is 0.337 e. The van der Waals surface area contributed by atoms with Crippen molar-refractivity contribution in [3.8, 4) is 11.5 Å². The molecule has 0 radical (unpaired) electrons. The highest BCUT2D eigenvalue weighted by atomic mass is 127. The zero-order chi connectivity index (χ0) is 22.5. The Morgan fingerprint density at radius 2 is 2.06 bits per heavy atom. The minimum absolute atomic E-state index is 0.0814. The summed E-state index contributed by atoms with van der Waals surface area (Å²) in [6, 6.07) is 10.2. The topological polar surface area (TPSA) is 88.4 Å². The van der Waals surface area contributed by atoms with Gasteiger partial charge in [0.25, 0.3) is 5.91 Å². The summed E-state index contributed by atoms with van der Waals surface area (Å²) in [5.41, 5.74) is 1.68. The fourth-order valence-corrected chi connectivity index (χ4v) is 4.58. The van der Waals surface area contributed by atoms with Crippen LogP contribution >= 0.6 is 34.4 Å². The number of hydrogen-bond donors (Lipinski definition) is 1. The van der Waals surface area contributed by atoms with Gasteiger partial charge in [-0.2, -0.15) is 0 Å². The zero-order valence-corrected chi connectivity index (χ0v) is 20.2. The van der Waals surface area contributed by atoms with E-state index >= 15 is 0 Å². The number of benzene rings is 2. The van der Waals surface area contributed by atoms with Gasteiger partial charge in [-0.1, -0.05) is 6.07 Å². The third-order valence-corrected chi connectivity index (χ3v) is 6.17. The van der Waals surface area contributed by atoms with E-state index in [4.69, 9.17) is 9.47 Å². The largest absolute Gasteiger partial charge is 0.504 e. The number of amides is 1. The van der Waals surface area contributed by atoms with E-state index in [1.165, 1.54) is 18.9 Å². The molecule has 0 unspecified atom stereocenters. The lowest BCUT2D eigenvalue weighted by Gasteiger charge is -2.12. The molecule has 9 heteroatoms. The Hall–Kier alpha value is -2.53. The lowest BCUT2D eigenvalue weighted by molar-refractivity contribution is -0.122. The second-order valence-corrected chi connectivity index (χ2v) is 8.55. The molecule has 1 amide bonds. The van der Waals surface area contributed by atoms with Crippen molar-refractivity contribution in [1.29, 1.82) is 0 Å². The first-order chi connectivity index (χ1) is 14.9. The van der Waals surface area contributed by atoms with Crippen LogP contribution in [0.25, 0.3) is 6.08 Å². The first kappa shape index (κ1) is 23.1. The third-order valence-electron chi connectivity index (χ3n) is 4.34. The zero-order valence-electron chi connectivity index (χ0n) is 17.2. The van der Waals surface area contributed by atoms with Crippen LogP contribution in [-0.2, 0) is 9.53 Å². The number of likely N-dealkylation sites (N-methyl/N-ethyl adjacent to an activating group) is 1. The maximum absolute atomic E-state index is 12.9. The predicted molar refractivity (Wildman–Crippen MR) is 130 cm³/mol. The van der Waals surface area contributed by atoms with Crippen LogP contribution in [0.5, 0.6) is 11.5 Å². The molecule has 0 atom stereocenters. The highest BCUT2D eigenvalue weighted by molar-refractivity contribution is 14.1. The molecular formula is C22H21IN2O5S. The maximum Gasteiger partial charge on any atom is 0.337 e. The second kappa shape index (κ2) is 10.2. The van der Waals surface area contributed by atoms with Gasteiger partial charge in [-0.25, -0.2) is 9.79 Å². The number of methoxy groups -OCH3 is 1. The number of ether oxygens (including phenoxy) is 2. The Morgan fingerprint density at radius 1 is 1.29 bits per heavy atom. The first-order valence-corrected chi connectivity index (χ1v) is 11.4. The van der Waals surface area contributed by atoms with Crippen LogP contribution in [0.15, 0.2) is 46.3 Å². The van der Waals surface area contributed by atoms with Gasteiger partial charge in [0.05, 0.1) is 33.4 Å². The molecule has 0 aliphatic carbocycles. The molecule has 7 nitrogen and oxygen atoms in total. The van der Waals surface area contributed by atoms with Crippen LogP contribution in [0.3, 0.4) is 0 Å². The third kappa shape index (κ3) is 5.21. The summed E-state index contributed by atoms with van der Waals surface area (Å²) in [6.07, 6.45) is 1.76. The molecule has 0 saturated carbocycles. The van der Waals surface area contributed by atoms with E-state index in [1.54, 1.807) is 47.4 Å². The van der Waals surface area contributed by atoms with Crippen molar-refractivity contribution >= 4 is 63.2 Å². The summed E-state index contributed by atoms with van der Waals surface area (Å²) in [5.74, 6) is -0.149. The Labute approximate surface area is 198 Å². The minimum atomic E-state index is -0.447. The van der Waals surface area contributed by atoms with Crippen molar-refractivity contribution in [2.45, 2.75) is 13.8 Å². The number of carbonyl (C=O) groups is 2. The van der Waals surface area contributed by atoms with Gasteiger partial charge in [0, 0.05) is 6.54 Å². The number of phenolic OH excluding ortho intramolecular Hbond substituents is 1. The number of carbonyl (C=O) groups excluding carboxylic acids is 2. The number of thioether (sulfide) groups is 1. The number of halogens is 1. The fraction of sp³-hybridized carbons (Fsp3) is 0.227. The molecule has 162 valence electrons. The number of amidine groups is 1. The van der Waals surface area contributed by atoms with Crippen molar-refractivity contribution in [2.24, 2.45) is 4.99 Å². The van der Waals surface area contributed by atoms with Crippen LogP contribution in [0.2, 0.25) is 0 Å². The predicted octanol–water partition coefficient (Wildman–Crippen LogP) is 4.81. The molecular weight excluding hydrogens is 531 g/mol. The van der Waals surface area contributed by atoms with Gasteiger partial charge in [-0.05, 0) is 90.2 Å². The van der Waals surface area contributed by atoms with E-state index in [9.17, 15) is 14.7 Å². The van der Waals surface area contributed by atoms with Gasteiger partial charge in [0.15, 0.2) is 16.7 Å². The average molecular weight is 552 g/mol. The normalized spacial score (nSPS) is 16.3. The number of aromatic hydroxyl groups is 1. The van der Waals surface area contributed by atoms with Crippen molar-refractivity contribution in [3.05, 3.63) is 56.0 Å². The van der Waals surface area contributed by atoms with Crippen LogP contribution in [0, 0.1) is 3.57 Å². The quantitative estimate of drug-likeness (QED) is 0.315. The Balaban J connectivity index is 1.95. The molecule has 0 bridgehead atoms. The summed E-state index contributed by atoms with van der Waals surface area (Å²) in [6.45, 7) is 4.59. The lowest BCUT2D eigenvalue weighted by Crippen LogP contribution is -2.28. The number of rotatable bonds is 6. The van der Waals surface area contributed by atoms with Crippen LogP contribution in [0.1, 0.15) is 29.8 Å². The molecule has 1 saturated heterocycles. The molecule has 0 aromatic heterocycles. The summed E-state index contributed by atoms with van der Waals surface area (Å²) < 4.78 is 10.9. The van der Waals surface area contributed by atoms with Gasteiger partial charge < -0.3 is 14.6 Å². The molecule has 1 N–H and O–H groups in total. The van der Waals surface area contributed by atoms with E-state index in [-0.39, 0.29) is 11.7 Å². The number of aliphatic imine (C=N–C) groups is 1. The van der Waals surface area contributed by atoms with Crippen molar-refractivity contribution in [3.63, 3.8) is 0 Å². The standard InChI is InChI=1S/C22H21IN2O5S/c1-4-25-20(27)18(11-13-9-16(23)19(26)17(10-13)30-5-2)31-22(25)24-15-8-6-7-14(12-15)21(28)29-3/h6-12,26H,4-5H2,1-3H3. The van der Waals surface area contributed by atoms with Gasteiger partial charge >= 0.3 is 5.97 Å². The van der Waals surface area contributed by atoms with Gasteiger partial charge in [0.1, 0.15) is 0 Å². The first-order valence-electron chi connectivity index (χ1n) is 9.51. The lowest BCUT2D eigenvalue weighted by atomic mass is 10.2. The van der Waals surface area contributed by atoms with E-state index < -0.39 is 5.97 Å². The summed E-state index contributed by atoms with van der Waals surface area (Å²) in [5, 5.41) is 10.7. The van der Waals surface area contributed by atoms with Crippen LogP contribution in [0.4, 0.5) is 5.69 Å². The van der Waals surface area contributed by atoms with Gasteiger partial charge in [0.2, 0.25) is 0 Å². The van der Waals surface area contributed by atoms with E-state index in [2.05, 4.69) is 4.99 Å². The average Bonchev–Trinajstić information content (AvgIpc) is 3.05. The number of nitrogens with zero attached hydrogens (tertiary/aromatic N) is 2. The summed E-state index contributed by atoms with van der Waals surface area (Å²) >= 11 is 3.28. The summed E-state index contributed by atoms with van der Waals surface area (Å²) in [4.78, 5) is 31.4. The fourth-order valence-electron chi connectivity index (χ4n) is 2.89. The Morgan fingerprint density at radius 3 is 2.74 bits per heavy atom. The molecule has 3 rings (SSSR count). The maximum atomic E-state index is 12.9. The molecule has 2 aromatic rings. The molecule has 1 fully saturated rings. The second-order valence-electron chi connectivity index (χ2n) is 6.38. The molecule has 1 heterocycles. The van der Waals surface area contributed by atoms with Crippen molar-refractivity contribution < 1.29 is 24.2 Å². The molecule has 2 aromatic carbocycles. The van der Waals surface area contributed by atoms with E-state index in [0.29, 0.717) is 43.8 Å². The van der Waals surface area contributed by atoms with Gasteiger partial charge in [-0.3, -0.25) is 9.69 Å². The molecule has 1 aliphatic rings. The van der Waals surface area contributed by atoms with E-state index in [1.807, 2.05) is 36.4 Å². The summed E-state index contributed by atoms with van der Waals surface area (Å²) in [7, 11) is 1.32. The SMILES string of the molecule is CCOc1cc(C=C2SC(=Nc3cccc(C(=O)OC)c3)N(CC)C2=O)cc(I)c1O. The number of esters is 1. The highest BCUT2D eigenvalue weighted by Crippen LogP contribution is 2.37. The van der Waals surface area contributed by atoms with Crippen LogP contribution in [-0.4, -0.2) is 47.3 Å². The molecule has 31 heavy (non-hydrogen) atoms. The van der Waals surface area contributed by atoms with Crippen LogP contribution < -0.4 is 4.74 Å². The van der Waals surface area contributed by atoms with E-state index in [0.717, 1.165) is 5.56 Å². The molecule has 0 spiro atoms. The van der Waals surface area contributed by atoms with Gasteiger partial charge in [-0.15, -0.1) is 0 Å². The number of hydrogen-bond acceptors (Lipinski definition) is 7. The Bertz CT molecular complexity index is 1080. The highest BCUT2D eigenvalue weighted by Gasteiger charge is 2.32. The Kier molecular flexibility index (Phi) is 7.60. The van der Waals surface area contributed by atoms with Crippen molar-refractivity contribution in [2.75, 3.05) is 20.3 Å². The van der Waals surface area contributed by atoms with Crippen molar-refractivity contribution in [1.82, 2.24) is 4.90 Å². The minimum Gasteiger partial charge on any atom is -0.504 e. The molecule has 1 aliphatic heterocycles. The monoisotopic (exact) mass is 552 g/mol.